The van der Waals surface area contributed by atoms with E-state index in [0.717, 1.165) is 98.6 Å². The van der Waals surface area contributed by atoms with E-state index in [0.29, 0.717) is 12.6 Å². The quantitative estimate of drug-likeness (QED) is 0.301. The largest absolute Gasteiger partial charge is 0.493 e. The molecule has 2 aromatic carbocycles. The Morgan fingerprint density at radius 2 is 1.76 bits per heavy atom. The molecule has 0 spiro atoms. The Morgan fingerprint density at radius 3 is 2.51 bits per heavy atom. The lowest BCUT2D eigenvalue weighted by molar-refractivity contribution is 0.211. The van der Waals surface area contributed by atoms with E-state index in [2.05, 4.69) is 77.4 Å². The van der Waals surface area contributed by atoms with E-state index < -0.39 is 0 Å². The smallest absolute Gasteiger partial charge is 0.227 e. The van der Waals surface area contributed by atoms with Crippen LogP contribution in [0.15, 0.2) is 42.5 Å². The summed E-state index contributed by atoms with van der Waals surface area (Å²) in [5.41, 5.74) is 2.28. The van der Waals surface area contributed by atoms with E-state index in [1.807, 2.05) is 6.07 Å². The molecule has 2 saturated heterocycles. The first-order valence-corrected chi connectivity index (χ1v) is 15.4. The fraction of sp³-hybridized carbons (Fsp3) is 0.576. The van der Waals surface area contributed by atoms with Crippen LogP contribution in [0.5, 0.6) is 11.5 Å². The summed E-state index contributed by atoms with van der Waals surface area (Å²) in [6.45, 7) is 9.11. The lowest BCUT2D eigenvalue weighted by Crippen LogP contribution is -2.39. The third-order valence-corrected chi connectivity index (χ3v) is 8.45. The zero-order chi connectivity index (χ0) is 28.6. The Labute approximate surface area is 246 Å². The number of hydrogen-bond acceptors (Lipinski definition) is 8. The Morgan fingerprint density at radius 1 is 0.951 bits per heavy atom. The molecular weight excluding hydrogens is 512 g/mol. The van der Waals surface area contributed by atoms with Crippen LogP contribution in [0.1, 0.15) is 51.0 Å². The molecule has 8 heteroatoms. The van der Waals surface area contributed by atoms with Crippen LogP contribution in [0, 0.1) is 5.92 Å². The van der Waals surface area contributed by atoms with E-state index in [1.165, 1.54) is 24.8 Å². The van der Waals surface area contributed by atoms with E-state index in [-0.39, 0.29) is 0 Å². The molecule has 2 aliphatic heterocycles. The van der Waals surface area contributed by atoms with Gasteiger partial charge in [0.1, 0.15) is 5.82 Å². The van der Waals surface area contributed by atoms with Gasteiger partial charge >= 0.3 is 0 Å². The highest BCUT2D eigenvalue weighted by molar-refractivity contribution is 5.93. The lowest BCUT2D eigenvalue weighted by atomic mass is 10.0. The van der Waals surface area contributed by atoms with Gasteiger partial charge in [-0.05, 0) is 70.2 Å². The first kappa shape index (κ1) is 29.4. The SMILES string of the molecule is COc1cc2c(NC3CCN(Cc4ccccc4)CC3)nc(N3CCCC(C)CC3)nc2cc1OCCCN(C)C. The third-order valence-electron chi connectivity index (χ3n) is 8.45. The minimum absolute atomic E-state index is 0.366. The van der Waals surface area contributed by atoms with Crippen LogP contribution in [-0.2, 0) is 6.54 Å². The van der Waals surface area contributed by atoms with Crippen molar-refractivity contribution in [2.24, 2.45) is 5.92 Å². The van der Waals surface area contributed by atoms with Gasteiger partial charge in [-0.15, -0.1) is 0 Å². The number of methoxy groups -OCH3 is 1. The molecule has 1 atom stereocenters. The molecule has 3 aromatic rings. The average Bonchev–Trinajstić information content (AvgIpc) is 3.20. The number of likely N-dealkylation sites (tertiary alicyclic amines) is 1. The number of fused-ring (bicyclic) bond motifs is 1. The van der Waals surface area contributed by atoms with Crippen LogP contribution in [0.3, 0.4) is 0 Å². The summed E-state index contributed by atoms with van der Waals surface area (Å²) < 4.78 is 12.0. The molecule has 41 heavy (non-hydrogen) atoms. The molecule has 8 nitrogen and oxygen atoms in total. The zero-order valence-electron chi connectivity index (χ0n) is 25.4. The van der Waals surface area contributed by atoms with Gasteiger partial charge in [0.2, 0.25) is 5.95 Å². The highest BCUT2D eigenvalue weighted by Crippen LogP contribution is 2.36. The van der Waals surface area contributed by atoms with Gasteiger partial charge in [-0.25, -0.2) is 4.98 Å². The Kier molecular flexibility index (Phi) is 10.2. The molecule has 1 N–H and O–H groups in total. The minimum atomic E-state index is 0.366. The van der Waals surface area contributed by atoms with Crippen LogP contribution in [0.25, 0.3) is 10.9 Å². The molecule has 0 amide bonds. The molecule has 0 saturated carbocycles. The normalized spacial score (nSPS) is 19.0. The van der Waals surface area contributed by atoms with Gasteiger partial charge in [0.15, 0.2) is 11.5 Å². The van der Waals surface area contributed by atoms with E-state index >= 15 is 0 Å². The van der Waals surface area contributed by atoms with E-state index in [1.54, 1.807) is 7.11 Å². The first-order valence-electron chi connectivity index (χ1n) is 15.4. The standard InChI is InChI=1S/C33H48N6O2/c1-25-10-8-17-39(20-13-25)33-35-29-23-31(41-21-9-16-37(2)3)30(40-4)22-28(29)32(36-33)34-27-14-18-38(19-15-27)24-26-11-6-5-7-12-26/h5-7,11-12,22-23,25,27H,8-10,13-21,24H2,1-4H3,(H,34,35,36). The number of nitrogens with one attached hydrogen (secondary N) is 1. The molecule has 1 unspecified atom stereocenters. The summed E-state index contributed by atoms with van der Waals surface area (Å²) in [5, 5.41) is 4.83. The number of ether oxygens (including phenoxy) is 2. The summed E-state index contributed by atoms with van der Waals surface area (Å²) in [6.07, 6.45) is 6.73. The molecule has 1 aromatic heterocycles. The predicted octanol–water partition coefficient (Wildman–Crippen LogP) is 5.67. The van der Waals surface area contributed by atoms with Crippen molar-refractivity contribution < 1.29 is 9.47 Å². The van der Waals surface area contributed by atoms with E-state index in [9.17, 15) is 0 Å². The van der Waals surface area contributed by atoms with Crippen molar-refractivity contribution in [2.45, 2.75) is 58.0 Å². The monoisotopic (exact) mass is 560 g/mol. The maximum Gasteiger partial charge on any atom is 0.227 e. The van der Waals surface area contributed by atoms with Gasteiger partial charge in [0.25, 0.3) is 0 Å². The van der Waals surface area contributed by atoms with Gasteiger partial charge < -0.3 is 24.6 Å². The maximum absolute atomic E-state index is 6.20. The molecular formula is C33H48N6O2. The fourth-order valence-corrected chi connectivity index (χ4v) is 5.94. The van der Waals surface area contributed by atoms with Gasteiger partial charge in [0, 0.05) is 56.8 Å². The number of rotatable bonds is 11. The van der Waals surface area contributed by atoms with Crippen molar-refractivity contribution in [3.05, 3.63) is 48.0 Å². The van der Waals surface area contributed by atoms with Crippen molar-refractivity contribution in [3.8, 4) is 11.5 Å². The molecule has 222 valence electrons. The molecule has 3 heterocycles. The fourth-order valence-electron chi connectivity index (χ4n) is 5.94. The molecule has 0 radical (unpaired) electrons. The number of benzene rings is 2. The average molecular weight is 561 g/mol. The molecule has 0 bridgehead atoms. The number of piperidine rings is 1. The second kappa shape index (κ2) is 14.2. The van der Waals surface area contributed by atoms with E-state index in [4.69, 9.17) is 19.4 Å². The Balaban J connectivity index is 1.37. The summed E-state index contributed by atoms with van der Waals surface area (Å²) >= 11 is 0. The zero-order valence-corrected chi connectivity index (χ0v) is 25.4. The Bertz CT molecular complexity index is 1250. The van der Waals surface area contributed by atoms with Gasteiger partial charge in [0.05, 0.1) is 19.2 Å². The number of anilines is 2. The van der Waals surface area contributed by atoms with Crippen LogP contribution >= 0.6 is 0 Å². The summed E-state index contributed by atoms with van der Waals surface area (Å²) in [6, 6.07) is 15.2. The Hall–Kier alpha value is -3.10. The topological polar surface area (TPSA) is 66.0 Å². The van der Waals surface area contributed by atoms with Gasteiger partial charge in [-0.3, -0.25) is 4.90 Å². The second-order valence-electron chi connectivity index (χ2n) is 12.1. The van der Waals surface area contributed by atoms with Crippen LogP contribution in [0.4, 0.5) is 11.8 Å². The summed E-state index contributed by atoms with van der Waals surface area (Å²) in [4.78, 5) is 17.4. The van der Waals surface area contributed by atoms with Gasteiger partial charge in [-0.1, -0.05) is 37.3 Å². The molecule has 5 rings (SSSR count). The summed E-state index contributed by atoms with van der Waals surface area (Å²) in [5.74, 6) is 3.93. The van der Waals surface area contributed by atoms with Crippen LogP contribution in [0.2, 0.25) is 0 Å². The van der Waals surface area contributed by atoms with Crippen molar-refractivity contribution in [1.82, 2.24) is 19.8 Å². The van der Waals surface area contributed by atoms with Gasteiger partial charge in [-0.2, -0.15) is 4.98 Å². The third kappa shape index (κ3) is 8.01. The highest BCUT2D eigenvalue weighted by Gasteiger charge is 2.23. The molecule has 2 aliphatic rings. The van der Waals surface area contributed by atoms with Crippen LogP contribution < -0.4 is 19.7 Å². The van der Waals surface area contributed by atoms with Crippen molar-refractivity contribution in [3.63, 3.8) is 0 Å². The summed E-state index contributed by atoms with van der Waals surface area (Å²) in [7, 11) is 5.87. The minimum Gasteiger partial charge on any atom is -0.493 e. The highest BCUT2D eigenvalue weighted by atomic mass is 16.5. The van der Waals surface area contributed by atoms with Crippen molar-refractivity contribution in [1.29, 1.82) is 0 Å². The number of hydrogen-bond donors (Lipinski definition) is 1. The second-order valence-corrected chi connectivity index (χ2v) is 12.1. The first-order chi connectivity index (χ1) is 20.0. The maximum atomic E-state index is 6.20. The van der Waals surface area contributed by atoms with Crippen molar-refractivity contribution >= 4 is 22.7 Å². The number of nitrogens with zero attached hydrogens (tertiary/aromatic N) is 5. The lowest BCUT2D eigenvalue weighted by Gasteiger charge is -2.33. The predicted molar refractivity (Wildman–Crippen MR) is 168 cm³/mol. The number of aromatic nitrogens is 2. The van der Waals surface area contributed by atoms with Crippen LogP contribution in [-0.4, -0.2) is 86.3 Å². The molecule has 2 fully saturated rings. The van der Waals surface area contributed by atoms with Crippen molar-refractivity contribution in [2.75, 3.05) is 70.8 Å². The molecule has 0 aliphatic carbocycles.